The minimum Gasteiger partial charge on any atom is -0.339 e. The summed E-state index contributed by atoms with van der Waals surface area (Å²) in [5.41, 5.74) is 1.63. The molecule has 0 bridgehead atoms. The van der Waals surface area contributed by atoms with Crippen LogP contribution < -0.4 is 0 Å². The van der Waals surface area contributed by atoms with Crippen LogP contribution in [0.1, 0.15) is 24.0 Å². The maximum Gasteiger partial charge on any atom is 0.243 e. The molecule has 0 saturated carbocycles. The van der Waals surface area contributed by atoms with Crippen LogP contribution in [0, 0.1) is 12.7 Å². The average molecular weight is 446 g/mol. The second-order valence-electron chi connectivity index (χ2n) is 8.28. The second-order valence-corrected chi connectivity index (χ2v) is 10.2. The number of hydrogen-bond acceptors (Lipinski definition) is 4. The zero-order chi connectivity index (χ0) is 22.0. The van der Waals surface area contributed by atoms with Crippen molar-refractivity contribution >= 4 is 15.9 Å². The fourth-order valence-electron chi connectivity index (χ4n) is 4.32. The Hall–Kier alpha value is -2.29. The van der Waals surface area contributed by atoms with Crippen LogP contribution in [-0.2, 0) is 21.4 Å². The largest absolute Gasteiger partial charge is 0.339 e. The topological polar surface area (TPSA) is 60.9 Å². The van der Waals surface area contributed by atoms with Crippen molar-refractivity contribution in [3.05, 3.63) is 65.5 Å². The van der Waals surface area contributed by atoms with Gasteiger partial charge in [0.2, 0.25) is 15.9 Å². The predicted molar refractivity (Wildman–Crippen MR) is 116 cm³/mol. The van der Waals surface area contributed by atoms with E-state index in [0.717, 1.165) is 5.56 Å². The number of hydrogen-bond donors (Lipinski definition) is 0. The lowest BCUT2D eigenvalue weighted by molar-refractivity contribution is -0.136. The highest BCUT2D eigenvalue weighted by atomic mass is 32.2. The van der Waals surface area contributed by atoms with Gasteiger partial charge in [-0.3, -0.25) is 9.69 Å². The molecule has 0 aromatic heterocycles. The van der Waals surface area contributed by atoms with Crippen LogP contribution in [0.3, 0.4) is 0 Å². The number of piperazine rings is 1. The van der Waals surface area contributed by atoms with Gasteiger partial charge >= 0.3 is 0 Å². The molecule has 6 nitrogen and oxygen atoms in total. The van der Waals surface area contributed by atoms with Gasteiger partial charge in [-0.25, -0.2) is 12.8 Å². The van der Waals surface area contributed by atoms with E-state index in [2.05, 4.69) is 4.90 Å². The Morgan fingerprint density at radius 3 is 2.35 bits per heavy atom. The number of rotatable bonds is 5. The van der Waals surface area contributed by atoms with Gasteiger partial charge in [-0.1, -0.05) is 35.9 Å². The molecule has 4 rings (SSSR count). The Balaban J connectivity index is 1.40. The second kappa shape index (κ2) is 9.06. The van der Waals surface area contributed by atoms with E-state index in [1.807, 2.05) is 13.0 Å². The molecule has 2 aliphatic rings. The molecule has 0 unspecified atom stereocenters. The van der Waals surface area contributed by atoms with Crippen LogP contribution in [0.2, 0.25) is 0 Å². The van der Waals surface area contributed by atoms with Gasteiger partial charge in [0.15, 0.2) is 0 Å². The van der Waals surface area contributed by atoms with Gasteiger partial charge in [0.25, 0.3) is 0 Å². The van der Waals surface area contributed by atoms with E-state index in [0.29, 0.717) is 57.7 Å². The lowest BCUT2D eigenvalue weighted by Gasteiger charge is -2.37. The van der Waals surface area contributed by atoms with Gasteiger partial charge in [0.05, 0.1) is 4.90 Å². The van der Waals surface area contributed by atoms with E-state index in [-0.39, 0.29) is 16.6 Å². The summed E-state index contributed by atoms with van der Waals surface area (Å²) in [5.74, 6) is -0.345. The summed E-state index contributed by atoms with van der Waals surface area (Å²) in [7, 11) is -3.71. The fraction of sp³-hybridized carbons (Fsp3) is 0.435. The van der Waals surface area contributed by atoms with Crippen LogP contribution in [0.25, 0.3) is 0 Å². The fourth-order valence-corrected chi connectivity index (χ4v) is 5.98. The summed E-state index contributed by atoms with van der Waals surface area (Å²) < 4.78 is 41.6. The monoisotopic (exact) mass is 445 g/mol. The summed E-state index contributed by atoms with van der Waals surface area (Å²) in [4.78, 5) is 17.3. The molecule has 1 atom stereocenters. The molecule has 31 heavy (non-hydrogen) atoms. The number of amides is 1. The number of aryl methyl sites for hydroxylation is 1. The van der Waals surface area contributed by atoms with Crippen molar-refractivity contribution in [2.75, 3.05) is 32.7 Å². The van der Waals surface area contributed by atoms with Crippen molar-refractivity contribution in [1.82, 2.24) is 14.1 Å². The molecule has 2 heterocycles. The van der Waals surface area contributed by atoms with Gasteiger partial charge in [-0.2, -0.15) is 4.31 Å². The molecule has 166 valence electrons. The summed E-state index contributed by atoms with van der Waals surface area (Å²) in [6.45, 7) is 5.08. The number of carbonyl (C=O) groups is 1. The Labute approximate surface area is 183 Å². The molecule has 0 N–H and O–H groups in total. The maximum atomic E-state index is 13.9. The first-order valence-corrected chi connectivity index (χ1v) is 12.1. The summed E-state index contributed by atoms with van der Waals surface area (Å²) in [5, 5.41) is 0. The Morgan fingerprint density at radius 1 is 1.00 bits per heavy atom. The highest BCUT2D eigenvalue weighted by Crippen LogP contribution is 2.28. The number of sulfonamides is 1. The maximum absolute atomic E-state index is 13.9. The molecular formula is C23H28FN3O3S. The van der Waals surface area contributed by atoms with Gasteiger partial charge in [-0.15, -0.1) is 0 Å². The van der Waals surface area contributed by atoms with Gasteiger partial charge < -0.3 is 4.90 Å². The van der Waals surface area contributed by atoms with Crippen molar-refractivity contribution in [3.8, 4) is 0 Å². The number of carbonyl (C=O) groups excluding carboxylic acids is 1. The summed E-state index contributed by atoms with van der Waals surface area (Å²) in [6.07, 6.45) is 1.22. The third-order valence-corrected chi connectivity index (χ3v) is 8.07. The molecule has 1 amide bonds. The van der Waals surface area contributed by atoms with Crippen molar-refractivity contribution in [1.29, 1.82) is 0 Å². The SMILES string of the molecule is Cc1ccc(S(=O)(=O)N2CCC[C@H]2C(=O)N2CCN(Cc3ccccc3F)CC2)cc1. The standard InChI is InChI=1S/C23H28FN3O3S/c1-18-8-10-20(11-9-18)31(29,30)27-12-4-7-22(27)23(28)26-15-13-25(14-16-26)17-19-5-2-3-6-21(19)24/h2-3,5-6,8-11,22H,4,7,12-17H2,1H3/t22-/m0/s1. The van der Waals surface area contributed by atoms with Crippen LogP contribution >= 0.6 is 0 Å². The summed E-state index contributed by atoms with van der Waals surface area (Å²) in [6, 6.07) is 12.8. The average Bonchev–Trinajstić information content (AvgIpc) is 3.27. The van der Waals surface area contributed by atoms with Crippen LogP contribution in [0.5, 0.6) is 0 Å². The quantitative estimate of drug-likeness (QED) is 0.710. The molecule has 8 heteroatoms. The molecule has 2 saturated heterocycles. The zero-order valence-electron chi connectivity index (χ0n) is 17.7. The first kappa shape index (κ1) is 21.9. The molecular weight excluding hydrogens is 417 g/mol. The lowest BCUT2D eigenvalue weighted by Crippen LogP contribution is -2.54. The smallest absolute Gasteiger partial charge is 0.243 e. The molecule has 2 fully saturated rings. The first-order valence-electron chi connectivity index (χ1n) is 10.7. The normalized spacial score (nSPS) is 20.8. The molecule has 2 aromatic rings. The summed E-state index contributed by atoms with van der Waals surface area (Å²) >= 11 is 0. The van der Waals surface area contributed by atoms with E-state index in [4.69, 9.17) is 0 Å². The zero-order valence-corrected chi connectivity index (χ0v) is 18.5. The molecule has 0 radical (unpaired) electrons. The molecule has 0 aliphatic carbocycles. The van der Waals surface area contributed by atoms with Crippen molar-refractivity contribution in [2.24, 2.45) is 0 Å². The van der Waals surface area contributed by atoms with Gasteiger partial charge in [0.1, 0.15) is 11.9 Å². The predicted octanol–water partition coefficient (Wildman–Crippen LogP) is 2.63. The van der Waals surface area contributed by atoms with E-state index in [9.17, 15) is 17.6 Å². The van der Waals surface area contributed by atoms with Crippen molar-refractivity contribution in [2.45, 2.75) is 37.2 Å². The van der Waals surface area contributed by atoms with Crippen LogP contribution in [0.4, 0.5) is 4.39 Å². The van der Waals surface area contributed by atoms with Gasteiger partial charge in [-0.05, 0) is 38.0 Å². The molecule has 0 spiro atoms. The molecule has 2 aromatic carbocycles. The number of benzene rings is 2. The van der Waals surface area contributed by atoms with Crippen molar-refractivity contribution in [3.63, 3.8) is 0 Å². The van der Waals surface area contributed by atoms with Crippen LogP contribution in [-0.4, -0.2) is 67.2 Å². The van der Waals surface area contributed by atoms with E-state index in [1.54, 1.807) is 41.3 Å². The highest BCUT2D eigenvalue weighted by Gasteiger charge is 2.41. The minimum absolute atomic E-state index is 0.126. The minimum atomic E-state index is -3.71. The van der Waals surface area contributed by atoms with Crippen molar-refractivity contribution < 1.29 is 17.6 Å². The third-order valence-electron chi connectivity index (χ3n) is 6.15. The number of halogens is 1. The van der Waals surface area contributed by atoms with E-state index < -0.39 is 16.1 Å². The lowest BCUT2D eigenvalue weighted by atomic mass is 10.1. The Bertz CT molecular complexity index is 1030. The van der Waals surface area contributed by atoms with Crippen LogP contribution in [0.15, 0.2) is 53.4 Å². The van der Waals surface area contributed by atoms with E-state index >= 15 is 0 Å². The van der Waals surface area contributed by atoms with Gasteiger partial charge in [0, 0.05) is 44.8 Å². The highest BCUT2D eigenvalue weighted by molar-refractivity contribution is 7.89. The van der Waals surface area contributed by atoms with E-state index in [1.165, 1.54) is 10.4 Å². The third kappa shape index (κ3) is 4.66. The Morgan fingerprint density at radius 2 is 1.68 bits per heavy atom. The number of nitrogens with zero attached hydrogens (tertiary/aromatic N) is 3. The Kier molecular flexibility index (Phi) is 6.41. The molecule has 2 aliphatic heterocycles. The first-order chi connectivity index (χ1) is 14.9.